The molecule has 1 nitrogen and oxygen atoms in total. The van der Waals surface area contributed by atoms with Gasteiger partial charge in [0.05, 0.1) is 10.0 Å². The highest BCUT2D eigenvalue weighted by Crippen LogP contribution is 2.25. The quantitative estimate of drug-likeness (QED) is 0.757. The summed E-state index contributed by atoms with van der Waals surface area (Å²) in [5, 5.41) is 4.82. The van der Waals surface area contributed by atoms with E-state index in [4.69, 9.17) is 23.2 Å². The van der Waals surface area contributed by atoms with Gasteiger partial charge in [0.15, 0.2) is 0 Å². The molecule has 0 aromatic heterocycles. The van der Waals surface area contributed by atoms with E-state index in [9.17, 15) is 0 Å². The van der Waals surface area contributed by atoms with Crippen LogP contribution in [0.15, 0.2) is 42.5 Å². The molecule has 0 bridgehead atoms. The van der Waals surface area contributed by atoms with Crippen LogP contribution in [-0.4, -0.2) is 6.04 Å². The van der Waals surface area contributed by atoms with Gasteiger partial charge in [-0.25, -0.2) is 0 Å². The third kappa shape index (κ3) is 4.47. The molecule has 0 spiro atoms. The topological polar surface area (TPSA) is 12.0 Å². The average molecular weight is 322 g/mol. The smallest absolute Gasteiger partial charge is 0.0595 e. The Kier molecular flexibility index (Phi) is 5.69. The molecule has 2 atom stereocenters. The molecule has 21 heavy (non-hydrogen) atoms. The largest absolute Gasteiger partial charge is 0.307 e. The zero-order valence-corrected chi connectivity index (χ0v) is 14.2. The molecular formula is C18H21Cl2N. The summed E-state index contributed by atoms with van der Waals surface area (Å²) in [5.41, 5.74) is 3.88. The number of nitrogens with one attached hydrogen (secondary N) is 1. The summed E-state index contributed by atoms with van der Waals surface area (Å²) in [7, 11) is 0. The second-order valence-corrected chi connectivity index (χ2v) is 6.41. The average Bonchev–Trinajstić information content (AvgIpc) is 2.44. The second kappa shape index (κ2) is 7.31. The van der Waals surface area contributed by atoms with Crippen LogP contribution in [0.25, 0.3) is 0 Å². The van der Waals surface area contributed by atoms with Gasteiger partial charge in [0.1, 0.15) is 0 Å². The summed E-state index contributed by atoms with van der Waals surface area (Å²) in [6, 6.07) is 14.9. The lowest BCUT2D eigenvalue weighted by molar-refractivity contribution is 0.476. The number of aryl methyl sites for hydroxylation is 1. The molecule has 2 unspecified atom stereocenters. The third-order valence-corrected chi connectivity index (χ3v) is 4.50. The van der Waals surface area contributed by atoms with E-state index in [-0.39, 0.29) is 6.04 Å². The van der Waals surface area contributed by atoms with Crippen molar-refractivity contribution in [3.63, 3.8) is 0 Å². The van der Waals surface area contributed by atoms with Gasteiger partial charge in [0.2, 0.25) is 0 Å². The SMILES string of the molecule is Cc1ccccc1CC(C)NC(C)c1ccc(Cl)c(Cl)c1. The lowest BCUT2D eigenvalue weighted by atomic mass is 10.0. The molecule has 0 heterocycles. The molecule has 0 amide bonds. The summed E-state index contributed by atoms with van der Waals surface area (Å²) >= 11 is 12.0. The lowest BCUT2D eigenvalue weighted by Crippen LogP contribution is -2.30. The van der Waals surface area contributed by atoms with Crippen molar-refractivity contribution in [1.82, 2.24) is 5.32 Å². The van der Waals surface area contributed by atoms with Crippen LogP contribution in [0.1, 0.15) is 36.6 Å². The number of hydrogen-bond acceptors (Lipinski definition) is 1. The van der Waals surface area contributed by atoms with Crippen molar-refractivity contribution in [3.8, 4) is 0 Å². The predicted molar refractivity (Wildman–Crippen MR) is 92.4 cm³/mol. The summed E-state index contributed by atoms with van der Waals surface area (Å²) < 4.78 is 0. The summed E-state index contributed by atoms with van der Waals surface area (Å²) in [6.45, 7) is 6.51. The van der Waals surface area contributed by atoms with E-state index in [1.165, 1.54) is 11.1 Å². The number of hydrogen-bond donors (Lipinski definition) is 1. The van der Waals surface area contributed by atoms with Gasteiger partial charge in [0, 0.05) is 12.1 Å². The van der Waals surface area contributed by atoms with E-state index in [1.54, 1.807) is 0 Å². The molecule has 112 valence electrons. The first-order valence-electron chi connectivity index (χ1n) is 7.23. The fourth-order valence-electron chi connectivity index (χ4n) is 2.53. The molecule has 0 radical (unpaired) electrons. The highest BCUT2D eigenvalue weighted by molar-refractivity contribution is 6.42. The van der Waals surface area contributed by atoms with Gasteiger partial charge in [-0.15, -0.1) is 0 Å². The fourth-order valence-corrected chi connectivity index (χ4v) is 2.84. The number of rotatable bonds is 5. The van der Waals surface area contributed by atoms with E-state index in [0.29, 0.717) is 16.1 Å². The van der Waals surface area contributed by atoms with Crippen molar-refractivity contribution in [2.24, 2.45) is 0 Å². The van der Waals surface area contributed by atoms with Crippen molar-refractivity contribution in [3.05, 3.63) is 69.2 Å². The van der Waals surface area contributed by atoms with Gasteiger partial charge in [-0.05, 0) is 56.0 Å². The minimum absolute atomic E-state index is 0.235. The highest BCUT2D eigenvalue weighted by atomic mass is 35.5. The monoisotopic (exact) mass is 321 g/mol. The Hall–Kier alpha value is -1.02. The van der Waals surface area contributed by atoms with E-state index >= 15 is 0 Å². The molecule has 0 fully saturated rings. The van der Waals surface area contributed by atoms with Crippen molar-refractivity contribution < 1.29 is 0 Å². The molecule has 0 saturated heterocycles. The summed E-state index contributed by atoms with van der Waals surface area (Å²) in [6.07, 6.45) is 1.01. The first-order valence-corrected chi connectivity index (χ1v) is 7.98. The molecular weight excluding hydrogens is 301 g/mol. The maximum Gasteiger partial charge on any atom is 0.0595 e. The van der Waals surface area contributed by atoms with Gasteiger partial charge >= 0.3 is 0 Å². The van der Waals surface area contributed by atoms with Gasteiger partial charge in [-0.3, -0.25) is 0 Å². The van der Waals surface area contributed by atoms with Crippen molar-refractivity contribution in [1.29, 1.82) is 0 Å². The van der Waals surface area contributed by atoms with Gasteiger partial charge in [-0.1, -0.05) is 53.5 Å². The van der Waals surface area contributed by atoms with Gasteiger partial charge < -0.3 is 5.32 Å². The van der Waals surface area contributed by atoms with Crippen LogP contribution in [0.5, 0.6) is 0 Å². The van der Waals surface area contributed by atoms with Crippen LogP contribution >= 0.6 is 23.2 Å². The zero-order valence-electron chi connectivity index (χ0n) is 12.7. The molecule has 0 aliphatic carbocycles. The minimum atomic E-state index is 0.235. The van der Waals surface area contributed by atoms with Crippen molar-refractivity contribution in [2.75, 3.05) is 0 Å². The Morgan fingerprint density at radius 3 is 2.38 bits per heavy atom. The van der Waals surface area contributed by atoms with Crippen molar-refractivity contribution in [2.45, 2.75) is 39.3 Å². The molecule has 2 aromatic carbocycles. The number of benzene rings is 2. The molecule has 2 rings (SSSR count). The molecule has 0 saturated carbocycles. The van der Waals surface area contributed by atoms with E-state index in [1.807, 2.05) is 18.2 Å². The molecule has 3 heteroatoms. The summed E-state index contributed by atoms with van der Waals surface area (Å²) in [5.74, 6) is 0. The summed E-state index contributed by atoms with van der Waals surface area (Å²) in [4.78, 5) is 0. The third-order valence-electron chi connectivity index (χ3n) is 3.77. The molecule has 0 aliphatic heterocycles. The molecule has 1 N–H and O–H groups in total. The Morgan fingerprint density at radius 2 is 1.71 bits per heavy atom. The molecule has 2 aromatic rings. The lowest BCUT2D eigenvalue weighted by Gasteiger charge is -2.21. The maximum absolute atomic E-state index is 6.09. The fraction of sp³-hybridized carbons (Fsp3) is 0.333. The van der Waals surface area contributed by atoms with Crippen molar-refractivity contribution >= 4 is 23.2 Å². The maximum atomic E-state index is 6.09. The van der Waals surface area contributed by atoms with Crippen LogP contribution < -0.4 is 5.32 Å². The van der Waals surface area contributed by atoms with E-state index < -0.39 is 0 Å². The van der Waals surface area contributed by atoms with Crippen LogP contribution in [-0.2, 0) is 6.42 Å². The van der Waals surface area contributed by atoms with Gasteiger partial charge in [-0.2, -0.15) is 0 Å². The molecule has 0 aliphatic rings. The van der Waals surface area contributed by atoms with E-state index in [0.717, 1.165) is 12.0 Å². The van der Waals surface area contributed by atoms with Gasteiger partial charge in [0.25, 0.3) is 0 Å². The first kappa shape index (κ1) is 16.4. The highest BCUT2D eigenvalue weighted by Gasteiger charge is 2.12. The Bertz CT molecular complexity index is 610. The predicted octanol–water partition coefficient (Wildman–Crippen LogP) is 5.58. The van der Waals surface area contributed by atoms with Crippen LogP contribution in [0, 0.1) is 6.92 Å². The standard InChI is InChI=1S/C18H21Cl2N/c1-12-6-4-5-7-15(12)10-13(2)21-14(3)16-8-9-17(19)18(20)11-16/h4-9,11,13-14,21H,10H2,1-3H3. The normalized spacial score (nSPS) is 14.0. The van der Waals surface area contributed by atoms with Crippen LogP contribution in [0.4, 0.5) is 0 Å². The Labute approximate surface area is 137 Å². The Morgan fingerprint density at radius 1 is 1.00 bits per heavy atom. The first-order chi connectivity index (χ1) is 9.97. The zero-order chi connectivity index (χ0) is 15.4. The van der Waals surface area contributed by atoms with Crippen LogP contribution in [0.3, 0.4) is 0 Å². The van der Waals surface area contributed by atoms with Crippen LogP contribution in [0.2, 0.25) is 10.0 Å². The van der Waals surface area contributed by atoms with E-state index in [2.05, 4.69) is 50.4 Å². The second-order valence-electron chi connectivity index (χ2n) is 5.59. The number of halogens is 2. The minimum Gasteiger partial charge on any atom is -0.307 e. The Balaban J connectivity index is 2.00.